The molecule has 2 heteroatoms. The van der Waals surface area contributed by atoms with Crippen molar-refractivity contribution >= 4 is 0 Å². The first-order valence-corrected chi connectivity index (χ1v) is 5.85. The minimum Gasteiger partial charge on any atom is -0.207 e. The number of hydrogen-bond donors (Lipinski definition) is 0. The third-order valence-electron chi connectivity index (χ3n) is 3.13. The molecule has 2 aromatic carbocycles. The number of hydrogen-bond acceptors (Lipinski definition) is 1. The van der Waals surface area contributed by atoms with Crippen molar-refractivity contribution in [1.29, 1.82) is 5.26 Å². The van der Waals surface area contributed by atoms with Gasteiger partial charge in [0, 0.05) is 0 Å². The molecule has 2 rings (SSSR count). The van der Waals surface area contributed by atoms with Gasteiger partial charge in [-0.05, 0) is 36.6 Å². The molecule has 0 saturated carbocycles. The number of nitriles is 1. The van der Waals surface area contributed by atoms with Gasteiger partial charge in [-0.2, -0.15) is 5.26 Å². The smallest absolute Gasteiger partial charge is 0.123 e. The lowest BCUT2D eigenvalue weighted by Gasteiger charge is -2.22. The van der Waals surface area contributed by atoms with Crippen LogP contribution in [0.1, 0.15) is 18.1 Å². The Balaban J connectivity index is 2.30. The van der Waals surface area contributed by atoms with Crippen LogP contribution in [0.15, 0.2) is 54.6 Å². The monoisotopic (exact) mass is 239 g/mol. The van der Waals surface area contributed by atoms with Gasteiger partial charge in [-0.1, -0.05) is 42.5 Å². The van der Waals surface area contributed by atoms with Gasteiger partial charge in [-0.3, -0.25) is 0 Å². The number of benzene rings is 2. The molecule has 0 aliphatic rings. The Morgan fingerprint density at radius 2 is 1.67 bits per heavy atom. The van der Waals surface area contributed by atoms with Crippen LogP contribution in [0.5, 0.6) is 0 Å². The molecule has 0 N–H and O–H groups in total. The summed E-state index contributed by atoms with van der Waals surface area (Å²) >= 11 is 0. The zero-order valence-electron chi connectivity index (χ0n) is 10.2. The number of halogens is 1. The average Bonchev–Trinajstić information content (AvgIpc) is 2.42. The Morgan fingerprint density at radius 3 is 2.22 bits per heavy atom. The molecule has 0 saturated heterocycles. The van der Waals surface area contributed by atoms with Gasteiger partial charge in [0.15, 0.2) is 0 Å². The summed E-state index contributed by atoms with van der Waals surface area (Å²) in [6.07, 6.45) is 0.577. The second-order valence-corrected chi connectivity index (χ2v) is 4.61. The van der Waals surface area contributed by atoms with Crippen molar-refractivity contribution in [3.63, 3.8) is 0 Å². The van der Waals surface area contributed by atoms with E-state index in [2.05, 4.69) is 6.07 Å². The van der Waals surface area contributed by atoms with Crippen LogP contribution in [0.25, 0.3) is 0 Å². The van der Waals surface area contributed by atoms with E-state index in [4.69, 9.17) is 0 Å². The highest BCUT2D eigenvalue weighted by Crippen LogP contribution is 2.27. The van der Waals surface area contributed by atoms with Crippen molar-refractivity contribution in [2.24, 2.45) is 0 Å². The van der Waals surface area contributed by atoms with E-state index < -0.39 is 5.41 Å². The van der Waals surface area contributed by atoms with Crippen molar-refractivity contribution in [2.75, 3.05) is 0 Å². The number of nitrogens with zero attached hydrogens (tertiary/aromatic N) is 1. The third kappa shape index (κ3) is 2.57. The molecular formula is C16H14FN. The second-order valence-electron chi connectivity index (χ2n) is 4.61. The van der Waals surface area contributed by atoms with Crippen LogP contribution in [0, 0.1) is 17.1 Å². The van der Waals surface area contributed by atoms with Crippen LogP contribution in [0.4, 0.5) is 4.39 Å². The molecule has 0 aliphatic carbocycles. The van der Waals surface area contributed by atoms with Crippen LogP contribution >= 0.6 is 0 Å². The third-order valence-corrected chi connectivity index (χ3v) is 3.13. The van der Waals surface area contributed by atoms with Crippen LogP contribution in [-0.2, 0) is 11.8 Å². The zero-order chi connectivity index (χ0) is 13.0. The zero-order valence-corrected chi connectivity index (χ0v) is 10.2. The van der Waals surface area contributed by atoms with Crippen molar-refractivity contribution in [3.8, 4) is 6.07 Å². The molecule has 0 fully saturated rings. The molecule has 0 amide bonds. The predicted octanol–water partition coefficient (Wildman–Crippen LogP) is 3.85. The highest BCUT2D eigenvalue weighted by Gasteiger charge is 2.26. The van der Waals surface area contributed by atoms with Gasteiger partial charge in [0.05, 0.1) is 11.5 Å². The standard InChI is InChI=1S/C16H14FN/c1-16(12-18,14-5-3-2-4-6-14)11-13-7-9-15(17)10-8-13/h2-10H,11H2,1H3. The van der Waals surface area contributed by atoms with E-state index in [1.54, 1.807) is 12.1 Å². The lowest BCUT2D eigenvalue weighted by atomic mass is 9.79. The molecule has 18 heavy (non-hydrogen) atoms. The molecule has 0 aliphatic heterocycles. The fourth-order valence-corrected chi connectivity index (χ4v) is 2.02. The fourth-order valence-electron chi connectivity index (χ4n) is 2.02. The molecule has 0 bridgehead atoms. The summed E-state index contributed by atoms with van der Waals surface area (Å²) in [5.74, 6) is -0.253. The van der Waals surface area contributed by atoms with Crippen LogP contribution in [-0.4, -0.2) is 0 Å². The molecule has 0 radical (unpaired) electrons. The van der Waals surface area contributed by atoms with Crippen LogP contribution in [0.2, 0.25) is 0 Å². The fraction of sp³-hybridized carbons (Fsp3) is 0.188. The molecule has 90 valence electrons. The van der Waals surface area contributed by atoms with E-state index in [1.165, 1.54) is 12.1 Å². The number of rotatable bonds is 3. The summed E-state index contributed by atoms with van der Waals surface area (Å²) < 4.78 is 12.9. The van der Waals surface area contributed by atoms with Crippen molar-refractivity contribution in [2.45, 2.75) is 18.8 Å². The minimum absolute atomic E-state index is 0.253. The quantitative estimate of drug-likeness (QED) is 0.798. The van der Waals surface area contributed by atoms with Gasteiger partial charge in [0.2, 0.25) is 0 Å². The Hall–Kier alpha value is -2.14. The van der Waals surface area contributed by atoms with Gasteiger partial charge in [-0.25, -0.2) is 4.39 Å². The summed E-state index contributed by atoms with van der Waals surface area (Å²) in [6, 6.07) is 18.4. The van der Waals surface area contributed by atoms with Gasteiger partial charge in [0.25, 0.3) is 0 Å². The van der Waals surface area contributed by atoms with Gasteiger partial charge >= 0.3 is 0 Å². The van der Waals surface area contributed by atoms with Crippen molar-refractivity contribution in [1.82, 2.24) is 0 Å². The lowest BCUT2D eigenvalue weighted by molar-refractivity contribution is 0.600. The summed E-state index contributed by atoms with van der Waals surface area (Å²) in [4.78, 5) is 0. The molecule has 0 heterocycles. The topological polar surface area (TPSA) is 23.8 Å². The highest BCUT2D eigenvalue weighted by atomic mass is 19.1. The van der Waals surface area contributed by atoms with Crippen molar-refractivity contribution < 1.29 is 4.39 Å². The molecular weight excluding hydrogens is 225 g/mol. The van der Waals surface area contributed by atoms with Gasteiger partial charge < -0.3 is 0 Å². The van der Waals surface area contributed by atoms with E-state index in [1.807, 2.05) is 37.3 Å². The summed E-state index contributed by atoms with van der Waals surface area (Å²) in [5.41, 5.74) is 1.36. The highest BCUT2D eigenvalue weighted by molar-refractivity contribution is 5.34. The Labute approximate surface area is 107 Å². The molecule has 2 aromatic rings. The van der Waals surface area contributed by atoms with Gasteiger partial charge in [0.1, 0.15) is 5.82 Å². The maximum absolute atomic E-state index is 12.9. The molecule has 0 aromatic heterocycles. The van der Waals surface area contributed by atoms with Crippen molar-refractivity contribution in [3.05, 3.63) is 71.5 Å². The predicted molar refractivity (Wildman–Crippen MR) is 69.5 cm³/mol. The van der Waals surface area contributed by atoms with E-state index in [9.17, 15) is 9.65 Å². The van der Waals surface area contributed by atoms with Crippen LogP contribution in [0.3, 0.4) is 0 Å². The summed E-state index contributed by atoms with van der Waals surface area (Å²) in [5, 5.41) is 9.43. The van der Waals surface area contributed by atoms with E-state index in [0.717, 1.165) is 11.1 Å². The Kier molecular flexibility index (Phi) is 3.43. The largest absolute Gasteiger partial charge is 0.207 e. The second kappa shape index (κ2) is 5.01. The molecule has 1 unspecified atom stereocenters. The first-order chi connectivity index (χ1) is 8.64. The molecule has 1 nitrogen and oxygen atoms in total. The maximum Gasteiger partial charge on any atom is 0.123 e. The van der Waals surface area contributed by atoms with E-state index >= 15 is 0 Å². The van der Waals surface area contributed by atoms with Crippen LogP contribution < -0.4 is 0 Å². The Morgan fingerprint density at radius 1 is 1.06 bits per heavy atom. The molecule has 0 spiro atoms. The van der Waals surface area contributed by atoms with Gasteiger partial charge in [-0.15, -0.1) is 0 Å². The SMILES string of the molecule is CC(C#N)(Cc1ccc(F)cc1)c1ccccc1. The first kappa shape index (κ1) is 12.3. The summed E-state index contributed by atoms with van der Waals surface area (Å²) in [6.45, 7) is 1.91. The molecule has 1 atom stereocenters. The lowest BCUT2D eigenvalue weighted by Crippen LogP contribution is -2.22. The minimum atomic E-state index is -0.584. The average molecular weight is 239 g/mol. The Bertz CT molecular complexity index is 554. The van der Waals surface area contributed by atoms with E-state index in [0.29, 0.717) is 6.42 Å². The maximum atomic E-state index is 12.9. The summed E-state index contributed by atoms with van der Waals surface area (Å²) in [7, 11) is 0. The normalized spacial score (nSPS) is 13.6. The first-order valence-electron chi connectivity index (χ1n) is 5.85. The van der Waals surface area contributed by atoms with E-state index in [-0.39, 0.29) is 5.82 Å².